The molecule has 0 fully saturated rings. The van der Waals surface area contributed by atoms with E-state index in [-0.39, 0.29) is 5.91 Å². The van der Waals surface area contributed by atoms with E-state index in [1.165, 1.54) is 5.56 Å². The van der Waals surface area contributed by atoms with Gasteiger partial charge >= 0.3 is 0 Å². The van der Waals surface area contributed by atoms with Crippen LogP contribution in [0.15, 0.2) is 48.5 Å². The first-order valence-electron chi connectivity index (χ1n) is 7.49. The maximum Gasteiger partial charge on any atom is 0.224 e. The second-order valence-electron chi connectivity index (χ2n) is 5.26. The van der Waals surface area contributed by atoms with Crippen molar-refractivity contribution in [3.8, 4) is 5.75 Å². The maximum atomic E-state index is 11.8. The van der Waals surface area contributed by atoms with Crippen LogP contribution in [0.3, 0.4) is 0 Å². The Morgan fingerprint density at radius 1 is 1.14 bits per heavy atom. The summed E-state index contributed by atoms with van der Waals surface area (Å²) in [6, 6.07) is 15.2. The van der Waals surface area contributed by atoms with E-state index in [1.54, 1.807) is 12.1 Å². The number of rotatable bonds is 7. The third-order valence-corrected chi connectivity index (χ3v) is 3.29. The summed E-state index contributed by atoms with van der Waals surface area (Å²) < 4.78 is 5.65. The first kappa shape index (κ1) is 15.9. The Hall–Kier alpha value is -2.49. The van der Waals surface area contributed by atoms with Gasteiger partial charge in [0.25, 0.3) is 0 Å². The number of carbonyl (C=O) groups is 1. The smallest absolute Gasteiger partial charge is 0.224 e. The topological polar surface area (TPSA) is 64.3 Å². The molecule has 2 aromatic carbocycles. The van der Waals surface area contributed by atoms with Gasteiger partial charge in [-0.1, -0.05) is 24.3 Å². The maximum absolute atomic E-state index is 11.8. The highest BCUT2D eigenvalue weighted by molar-refractivity contribution is 5.93. The number of unbranched alkanes of at least 4 members (excludes halogenated alkanes) is 1. The predicted molar refractivity (Wildman–Crippen MR) is 90.0 cm³/mol. The number of nitrogens with one attached hydrogen (secondary N) is 1. The van der Waals surface area contributed by atoms with Crippen LogP contribution in [0.2, 0.25) is 0 Å². The lowest BCUT2D eigenvalue weighted by Crippen LogP contribution is -2.12. The monoisotopic (exact) mass is 298 g/mol. The quantitative estimate of drug-likeness (QED) is 0.604. The standard InChI is InChI=1S/C18H22N2O2/c1-14-7-6-8-15(13-14)22-12-5-4-11-18(21)20-17-10-3-2-9-16(17)19/h2-3,6-10,13H,4-5,11-12,19H2,1H3,(H,20,21). The van der Waals surface area contributed by atoms with Crippen molar-refractivity contribution < 1.29 is 9.53 Å². The first-order chi connectivity index (χ1) is 10.6. The molecule has 0 aliphatic carbocycles. The van der Waals surface area contributed by atoms with E-state index < -0.39 is 0 Å². The highest BCUT2D eigenvalue weighted by Gasteiger charge is 2.04. The lowest BCUT2D eigenvalue weighted by atomic mass is 10.2. The zero-order valence-corrected chi connectivity index (χ0v) is 12.8. The van der Waals surface area contributed by atoms with Crippen LogP contribution in [-0.2, 0) is 4.79 Å². The predicted octanol–water partition coefficient (Wildman–Crippen LogP) is 3.77. The third-order valence-electron chi connectivity index (χ3n) is 3.29. The summed E-state index contributed by atoms with van der Waals surface area (Å²) in [4.78, 5) is 11.8. The summed E-state index contributed by atoms with van der Waals surface area (Å²) in [5, 5.41) is 2.82. The molecule has 0 aliphatic rings. The SMILES string of the molecule is Cc1cccc(OCCCCC(=O)Nc2ccccc2N)c1. The van der Waals surface area contributed by atoms with Gasteiger partial charge in [-0.25, -0.2) is 0 Å². The number of nitrogen functional groups attached to an aromatic ring is 1. The fraction of sp³-hybridized carbons (Fsp3) is 0.278. The van der Waals surface area contributed by atoms with Gasteiger partial charge in [-0.3, -0.25) is 4.79 Å². The van der Waals surface area contributed by atoms with Crippen LogP contribution in [0, 0.1) is 6.92 Å². The Balaban J connectivity index is 1.64. The molecular formula is C18H22N2O2. The Bertz CT molecular complexity index is 626. The van der Waals surface area contributed by atoms with Gasteiger partial charge < -0.3 is 15.8 Å². The molecule has 0 unspecified atom stereocenters. The molecule has 0 aliphatic heterocycles. The minimum Gasteiger partial charge on any atom is -0.494 e. The van der Waals surface area contributed by atoms with Gasteiger partial charge in [-0.15, -0.1) is 0 Å². The number of aryl methyl sites for hydroxylation is 1. The largest absolute Gasteiger partial charge is 0.494 e. The van der Waals surface area contributed by atoms with E-state index in [2.05, 4.69) is 5.32 Å². The molecule has 22 heavy (non-hydrogen) atoms. The zero-order valence-electron chi connectivity index (χ0n) is 12.8. The Morgan fingerprint density at radius 3 is 2.73 bits per heavy atom. The highest BCUT2D eigenvalue weighted by Crippen LogP contribution is 2.17. The fourth-order valence-electron chi connectivity index (χ4n) is 2.11. The molecule has 0 saturated heterocycles. The highest BCUT2D eigenvalue weighted by atomic mass is 16.5. The average Bonchev–Trinajstić information content (AvgIpc) is 2.49. The number of carbonyl (C=O) groups excluding carboxylic acids is 1. The van der Waals surface area contributed by atoms with Gasteiger partial charge in [-0.05, 0) is 49.6 Å². The van der Waals surface area contributed by atoms with Crippen LogP contribution in [0.25, 0.3) is 0 Å². The minimum absolute atomic E-state index is 0.0199. The summed E-state index contributed by atoms with van der Waals surface area (Å²) in [6.45, 7) is 2.65. The molecule has 116 valence electrons. The molecule has 0 radical (unpaired) electrons. The van der Waals surface area contributed by atoms with Crippen LogP contribution in [0.1, 0.15) is 24.8 Å². The first-order valence-corrected chi connectivity index (χ1v) is 7.49. The zero-order chi connectivity index (χ0) is 15.8. The van der Waals surface area contributed by atoms with E-state index in [0.717, 1.165) is 18.6 Å². The van der Waals surface area contributed by atoms with Crippen LogP contribution >= 0.6 is 0 Å². The van der Waals surface area contributed by atoms with Crippen LogP contribution in [0.4, 0.5) is 11.4 Å². The summed E-state index contributed by atoms with van der Waals surface area (Å²) in [5.74, 6) is 0.856. The molecule has 0 aromatic heterocycles. The Morgan fingerprint density at radius 2 is 1.95 bits per heavy atom. The van der Waals surface area contributed by atoms with Gasteiger partial charge in [-0.2, -0.15) is 0 Å². The molecule has 0 heterocycles. The molecule has 0 saturated carbocycles. The number of hydrogen-bond acceptors (Lipinski definition) is 3. The number of hydrogen-bond donors (Lipinski definition) is 2. The molecule has 0 bridgehead atoms. The number of para-hydroxylation sites is 2. The number of nitrogens with two attached hydrogens (primary N) is 1. The van der Waals surface area contributed by atoms with Gasteiger partial charge in [0.2, 0.25) is 5.91 Å². The van der Waals surface area contributed by atoms with E-state index in [1.807, 2.05) is 43.3 Å². The fourth-order valence-corrected chi connectivity index (χ4v) is 2.11. The van der Waals surface area contributed by atoms with Crippen LogP contribution < -0.4 is 15.8 Å². The van der Waals surface area contributed by atoms with E-state index in [0.29, 0.717) is 24.4 Å². The normalized spacial score (nSPS) is 10.2. The van der Waals surface area contributed by atoms with Crippen molar-refractivity contribution in [2.45, 2.75) is 26.2 Å². The van der Waals surface area contributed by atoms with E-state index in [4.69, 9.17) is 10.5 Å². The van der Waals surface area contributed by atoms with Crippen molar-refractivity contribution in [2.75, 3.05) is 17.7 Å². The van der Waals surface area contributed by atoms with Crippen molar-refractivity contribution >= 4 is 17.3 Å². The van der Waals surface area contributed by atoms with Crippen LogP contribution in [-0.4, -0.2) is 12.5 Å². The van der Waals surface area contributed by atoms with Crippen molar-refractivity contribution in [3.05, 3.63) is 54.1 Å². The van der Waals surface area contributed by atoms with Crippen molar-refractivity contribution in [1.29, 1.82) is 0 Å². The van der Waals surface area contributed by atoms with Gasteiger partial charge in [0.1, 0.15) is 5.75 Å². The van der Waals surface area contributed by atoms with Gasteiger partial charge in [0.15, 0.2) is 0 Å². The van der Waals surface area contributed by atoms with Gasteiger partial charge in [0.05, 0.1) is 18.0 Å². The second-order valence-corrected chi connectivity index (χ2v) is 5.26. The van der Waals surface area contributed by atoms with Crippen molar-refractivity contribution in [1.82, 2.24) is 0 Å². The molecule has 2 aromatic rings. The molecule has 4 heteroatoms. The molecule has 0 spiro atoms. The molecule has 3 N–H and O–H groups in total. The summed E-state index contributed by atoms with van der Waals surface area (Å²) in [7, 11) is 0. The number of ether oxygens (including phenoxy) is 1. The summed E-state index contributed by atoms with van der Waals surface area (Å²) in [6.07, 6.45) is 2.08. The molecule has 4 nitrogen and oxygen atoms in total. The Labute approximate surface area is 131 Å². The molecular weight excluding hydrogens is 276 g/mol. The number of benzene rings is 2. The van der Waals surface area contributed by atoms with Crippen molar-refractivity contribution in [2.24, 2.45) is 0 Å². The van der Waals surface area contributed by atoms with E-state index >= 15 is 0 Å². The van der Waals surface area contributed by atoms with Gasteiger partial charge in [0, 0.05) is 6.42 Å². The summed E-state index contributed by atoms with van der Waals surface area (Å²) >= 11 is 0. The Kier molecular flexibility index (Phi) is 5.83. The number of anilines is 2. The van der Waals surface area contributed by atoms with E-state index in [9.17, 15) is 4.79 Å². The lowest BCUT2D eigenvalue weighted by Gasteiger charge is -2.08. The summed E-state index contributed by atoms with van der Waals surface area (Å²) in [5.41, 5.74) is 8.22. The van der Waals surface area contributed by atoms with Crippen LogP contribution in [0.5, 0.6) is 5.75 Å². The number of amides is 1. The molecule has 0 atom stereocenters. The average molecular weight is 298 g/mol. The molecule has 2 rings (SSSR count). The minimum atomic E-state index is -0.0199. The third kappa shape index (κ3) is 5.13. The second kappa shape index (κ2) is 8.08. The molecule has 1 amide bonds. The lowest BCUT2D eigenvalue weighted by molar-refractivity contribution is -0.116. The van der Waals surface area contributed by atoms with Crippen molar-refractivity contribution in [3.63, 3.8) is 0 Å².